The molecule has 0 saturated carbocycles. The largest absolute Gasteiger partial charge is 0.481 e. The SMILES string of the molecule is O=C(O)C1CC=c2ccc3cccc4ccc1c2c43. The van der Waals surface area contributed by atoms with Crippen molar-refractivity contribution in [1.82, 2.24) is 0 Å². The third kappa shape index (κ3) is 1.34. The number of benzene rings is 3. The fourth-order valence-electron chi connectivity index (χ4n) is 3.20. The minimum absolute atomic E-state index is 0.414. The molecule has 0 aliphatic heterocycles. The Kier molecular flexibility index (Phi) is 1.99. The summed E-state index contributed by atoms with van der Waals surface area (Å²) < 4.78 is 0. The van der Waals surface area contributed by atoms with Gasteiger partial charge in [0.1, 0.15) is 0 Å². The van der Waals surface area contributed by atoms with Gasteiger partial charge in [-0.1, -0.05) is 48.5 Å². The highest BCUT2D eigenvalue weighted by Gasteiger charge is 2.24. The Morgan fingerprint density at radius 3 is 2.47 bits per heavy atom. The maximum absolute atomic E-state index is 11.4. The van der Waals surface area contributed by atoms with Crippen molar-refractivity contribution in [2.45, 2.75) is 12.3 Å². The molecular weight excluding hydrogens is 236 g/mol. The van der Waals surface area contributed by atoms with Crippen LogP contribution in [-0.2, 0) is 4.79 Å². The monoisotopic (exact) mass is 248 g/mol. The van der Waals surface area contributed by atoms with E-state index in [2.05, 4.69) is 24.3 Å². The smallest absolute Gasteiger partial charge is 0.311 e. The Balaban J connectivity index is 2.26. The summed E-state index contributed by atoms with van der Waals surface area (Å²) in [4.78, 5) is 11.4. The summed E-state index contributed by atoms with van der Waals surface area (Å²) >= 11 is 0. The Morgan fingerprint density at radius 1 is 1.00 bits per heavy atom. The van der Waals surface area contributed by atoms with Gasteiger partial charge in [-0.25, -0.2) is 0 Å². The summed E-state index contributed by atoms with van der Waals surface area (Å²) in [6.07, 6.45) is 2.63. The van der Waals surface area contributed by atoms with E-state index in [4.69, 9.17) is 0 Å². The van der Waals surface area contributed by atoms with E-state index in [-0.39, 0.29) is 0 Å². The molecule has 3 aromatic rings. The Hall–Kier alpha value is -2.35. The lowest BCUT2D eigenvalue weighted by Crippen LogP contribution is -2.19. The first-order valence-electron chi connectivity index (χ1n) is 6.43. The lowest BCUT2D eigenvalue weighted by atomic mass is 9.84. The summed E-state index contributed by atoms with van der Waals surface area (Å²) in [6, 6.07) is 14.4. The van der Waals surface area contributed by atoms with Crippen LogP contribution in [0, 0.1) is 0 Å². The predicted octanol–water partition coefficient (Wildman–Crippen LogP) is 3.06. The van der Waals surface area contributed by atoms with Gasteiger partial charge in [0, 0.05) is 0 Å². The van der Waals surface area contributed by atoms with Crippen molar-refractivity contribution >= 4 is 33.6 Å². The van der Waals surface area contributed by atoms with Gasteiger partial charge in [0.05, 0.1) is 5.92 Å². The number of aliphatic carboxylic acids is 1. The zero-order valence-corrected chi connectivity index (χ0v) is 10.3. The second kappa shape index (κ2) is 3.58. The number of carbonyl (C=O) groups is 1. The van der Waals surface area contributed by atoms with E-state index in [1.54, 1.807) is 0 Å². The van der Waals surface area contributed by atoms with E-state index in [0.29, 0.717) is 6.42 Å². The Bertz CT molecular complexity index is 861. The van der Waals surface area contributed by atoms with Crippen molar-refractivity contribution in [2.75, 3.05) is 0 Å². The molecule has 1 atom stereocenters. The number of carboxylic acid groups (broad SMARTS) is 1. The molecule has 19 heavy (non-hydrogen) atoms. The molecule has 0 spiro atoms. The maximum Gasteiger partial charge on any atom is 0.311 e. The van der Waals surface area contributed by atoms with Gasteiger partial charge < -0.3 is 5.11 Å². The van der Waals surface area contributed by atoms with Crippen molar-refractivity contribution < 1.29 is 9.90 Å². The fraction of sp³-hybridized carbons (Fsp3) is 0.118. The average molecular weight is 248 g/mol. The van der Waals surface area contributed by atoms with E-state index >= 15 is 0 Å². The Labute approximate surface area is 110 Å². The van der Waals surface area contributed by atoms with Crippen LogP contribution in [0.25, 0.3) is 27.6 Å². The lowest BCUT2D eigenvalue weighted by molar-refractivity contribution is -0.138. The van der Waals surface area contributed by atoms with E-state index in [1.807, 2.05) is 24.3 Å². The zero-order chi connectivity index (χ0) is 13.0. The van der Waals surface area contributed by atoms with Gasteiger partial charge in [0.15, 0.2) is 0 Å². The summed E-state index contributed by atoms with van der Waals surface area (Å²) in [5.74, 6) is -1.15. The van der Waals surface area contributed by atoms with Crippen LogP contribution in [0.15, 0.2) is 42.5 Å². The van der Waals surface area contributed by atoms with Gasteiger partial charge in [-0.2, -0.15) is 0 Å². The van der Waals surface area contributed by atoms with Crippen LogP contribution in [-0.4, -0.2) is 11.1 Å². The number of carboxylic acids is 1. The van der Waals surface area contributed by atoms with Crippen LogP contribution in [0.1, 0.15) is 17.9 Å². The van der Waals surface area contributed by atoms with Gasteiger partial charge >= 0.3 is 5.97 Å². The summed E-state index contributed by atoms with van der Waals surface area (Å²) in [6.45, 7) is 0. The lowest BCUT2D eigenvalue weighted by Gasteiger charge is -2.20. The minimum Gasteiger partial charge on any atom is -0.481 e. The first-order chi connectivity index (χ1) is 9.25. The van der Waals surface area contributed by atoms with Gasteiger partial charge in [0.25, 0.3) is 0 Å². The predicted molar refractivity (Wildman–Crippen MR) is 76.1 cm³/mol. The second-order valence-corrected chi connectivity index (χ2v) is 5.09. The number of hydrogen-bond acceptors (Lipinski definition) is 1. The quantitative estimate of drug-likeness (QED) is 0.718. The summed E-state index contributed by atoms with van der Waals surface area (Å²) in [5, 5.41) is 15.2. The highest BCUT2D eigenvalue weighted by molar-refractivity contribution is 6.12. The van der Waals surface area contributed by atoms with Crippen molar-refractivity contribution in [1.29, 1.82) is 0 Å². The van der Waals surface area contributed by atoms with Gasteiger partial charge in [-0.3, -0.25) is 4.79 Å². The molecule has 4 rings (SSSR count). The molecule has 3 aromatic carbocycles. The molecule has 1 N–H and O–H groups in total. The number of hydrogen-bond donors (Lipinski definition) is 1. The van der Waals surface area contributed by atoms with Crippen molar-refractivity contribution in [3.63, 3.8) is 0 Å². The van der Waals surface area contributed by atoms with Gasteiger partial charge in [0.2, 0.25) is 0 Å². The summed E-state index contributed by atoms with van der Waals surface area (Å²) in [5.41, 5.74) is 0.953. The van der Waals surface area contributed by atoms with Gasteiger partial charge in [-0.05, 0) is 38.7 Å². The third-order valence-corrected chi connectivity index (χ3v) is 4.09. The first kappa shape index (κ1) is 10.6. The molecule has 1 unspecified atom stereocenters. The molecular formula is C17H12O2. The van der Waals surface area contributed by atoms with Crippen LogP contribution < -0.4 is 5.22 Å². The molecule has 0 saturated heterocycles. The van der Waals surface area contributed by atoms with E-state index in [1.165, 1.54) is 16.2 Å². The minimum atomic E-state index is -0.738. The van der Waals surface area contributed by atoms with E-state index < -0.39 is 11.9 Å². The van der Waals surface area contributed by atoms with E-state index in [0.717, 1.165) is 16.2 Å². The molecule has 0 bridgehead atoms. The molecule has 2 nitrogen and oxygen atoms in total. The van der Waals surface area contributed by atoms with Crippen molar-refractivity contribution in [2.24, 2.45) is 0 Å². The molecule has 2 heteroatoms. The normalized spacial score (nSPS) is 17.6. The number of rotatable bonds is 1. The van der Waals surface area contributed by atoms with Crippen LogP contribution in [0.3, 0.4) is 0 Å². The standard InChI is InChI=1S/C17H12O2/c18-17(19)14-9-7-12-5-4-10-2-1-3-11-6-8-13(14)16(12)15(10)11/h1-8,14H,9H2,(H,18,19). The third-order valence-electron chi connectivity index (χ3n) is 4.09. The molecule has 1 aliphatic rings. The topological polar surface area (TPSA) is 37.3 Å². The highest BCUT2D eigenvalue weighted by atomic mass is 16.4. The molecule has 92 valence electrons. The van der Waals surface area contributed by atoms with Crippen LogP contribution in [0.4, 0.5) is 0 Å². The van der Waals surface area contributed by atoms with Gasteiger partial charge in [-0.15, -0.1) is 0 Å². The molecule has 0 amide bonds. The molecule has 0 aromatic heterocycles. The second-order valence-electron chi connectivity index (χ2n) is 5.09. The first-order valence-corrected chi connectivity index (χ1v) is 6.43. The van der Waals surface area contributed by atoms with Crippen LogP contribution in [0.2, 0.25) is 0 Å². The van der Waals surface area contributed by atoms with Crippen molar-refractivity contribution in [3.05, 3.63) is 53.2 Å². The van der Waals surface area contributed by atoms with Crippen molar-refractivity contribution in [3.8, 4) is 0 Å². The fourth-order valence-corrected chi connectivity index (χ4v) is 3.20. The zero-order valence-electron chi connectivity index (χ0n) is 10.3. The average Bonchev–Trinajstić information content (AvgIpc) is 2.44. The van der Waals surface area contributed by atoms with Crippen LogP contribution >= 0.6 is 0 Å². The molecule has 1 aliphatic carbocycles. The molecule has 0 radical (unpaired) electrons. The van der Waals surface area contributed by atoms with Crippen LogP contribution in [0.5, 0.6) is 0 Å². The van der Waals surface area contributed by atoms with E-state index in [9.17, 15) is 9.90 Å². The highest BCUT2D eigenvalue weighted by Crippen LogP contribution is 2.34. The Morgan fingerprint density at radius 2 is 1.74 bits per heavy atom. The molecule has 0 heterocycles. The summed E-state index contributed by atoms with van der Waals surface area (Å²) in [7, 11) is 0. The maximum atomic E-state index is 11.4. The molecule has 0 fully saturated rings.